The van der Waals surface area contributed by atoms with Crippen molar-refractivity contribution in [3.63, 3.8) is 0 Å². The average Bonchev–Trinajstić information content (AvgIpc) is 2.49. The van der Waals surface area contributed by atoms with Gasteiger partial charge in [0.05, 0.1) is 0 Å². The lowest BCUT2D eigenvalue weighted by molar-refractivity contribution is -0.114. The van der Waals surface area contributed by atoms with E-state index in [1.54, 1.807) is 0 Å². The number of hydrogen-bond donors (Lipinski definition) is 2. The Morgan fingerprint density at radius 3 is 1.90 bits per heavy atom. The molecule has 0 radical (unpaired) electrons. The van der Waals surface area contributed by atoms with Crippen LogP contribution in [0.3, 0.4) is 0 Å². The second-order valence-electron chi connectivity index (χ2n) is 5.04. The first kappa shape index (κ1) is 15.1. The van der Waals surface area contributed by atoms with Gasteiger partial charge in [-0.1, -0.05) is 32.0 Å². The molecule has 0 saturated heterocycles. The number of anilines is 3. The number of benzene rings is 2. The van der Waals surface area contributed by atoms with Gasteiger partial charge >= 0.3 is 0 Å². The van der Waals surface area contributed by atoms with Gasteiger partial charge in [0.2, 0.25) is 5.91 Å². The van der Waals surface area contributed by atoms with Gasteiger partial charge in [0.25, 0.3) is 0 Å². The van der Waals surface area contributed by atoms with Crippen LogP contribution in [0.2, 0.25) is 0 Å². The maximum Gasteiger partial charge on any atom is 0.221 e. The number of rotatable bonds is 5. The van der Waals surface area contributed by atoms with Gasteiger partial charge in [0, 0.05) is 24.0 Å². The lowest BCUT2D eigenvalue weighted by Crippen LogP contribution is -2.05. The van der Waals surface area contributed by atoms with E-state index >= 15 is 0 Å². The molecule has 2 aromatic rings. The molecule has 0 aliphatic rings. The van der Waals surface area contributed by atoms with Crippen molar-refractivity contribution in [1.82, 2.24) is 0 Å². The predicted molar refractivity (Wildman–Crippen MR) is 89.2 cm³/mol. The van der Waals surface area contributed by atoms with Gasteiger partial charge < -0.3 is 10.6 Å². The summed E-state index contributed by atoms with van der Waals surface area (Å²) in [6.07, 6.45) is 2.00. The molecule has 0 aliphatic carbocycles. The van der Waals surface area contributed by atoms with Crippen molar-refractivity contribution in [3.05, 3.63) is 53.6 Å². The summed E-state index contributed by atoms with van der Waals surface area (Å²) < 4.78 is 0. The Kier molecular flexibility index (Phi) is 4.99. The van der Waals surface area contributed by atoms with Crippen LogP contribution in [0.15, 0.2) is 42.5 Å². The minimum absolute atomic E-state index is 0.0553. The zero-order chi connectivity index (χ0) is 15.2. The van der Waals surface area contributed by atoms with Crippen molar-refractivity contribution in [2.24, 2.45) is 0 Å². The van der Waals surface area contributed by atoms with Gasteiger partial charge in [0.15, 0.2) is 0 Å². The van der Waals surface area contributed by atoms with E-state index in [1.807, 2.05) is 24.3 Å². The van der Waals surface area contributed by atoms with Gasteiger partial charge in [-0.15, -0.1) is 0 Å². The van der Waals surface area contributed by atoms with Gasteiger partial charge in [-0.25, -0.2) is 0 Å². The highest BCUT2D eigenvalue weighted by Crippen LogP contribution is 2.27. The Morgan fingerprint density at radius 1 is 0.905 bits per heavy atom. The molecule has 110 valence electrons. The summed E-state index contributed by atoms with van der Waals surface area (Å²) in [7, 11) is 0. The Balaban J connectivity index is 2.23. The molecule has 0 aliphatic heterocycles. The quantitative estimate of drug-likeness (QED) is 0.847. The Bertz CT molecular complexity index is 595. The van der Waals surface area contributed by atoms with Gasteiger partial charge in [-0.3, -0.25) is 4.79 Å². The molecule has 2 rings (SSSR count). The fourth-order valence-corrected chi connectivity index (χ4v) is 2.39. The van der Waals surface area contributed by atoms with Crippen molar-refractivity contribution in [2.75, 3.05) is 10.6 Å². The molecule has 1 amide bonds. The molecule has 2 aromatic carbocycles. The first-order valence-electron chi connectivity index (χ1n) is 7.39. The third-order valence-corrected chi connectivity index (χ3v) is 3.47. The lowest BCUT2D eigenvalue weighted by Gasteiger charge is -2.15. The van der Waals surface area contributed by atoms with E-state index in [4.69, 9.17) is 0 Å². The van der Waals surface area contributed by atoms with Crippen LogP contribution in [0, 0.1) is 0 Å². The van der Waals surface area contributed by atoms with E-state index in [2.05, 4.69) is 42.7 Å². The maximum absolute atomic E-state index is 11.0. The fraction of sp³-hybridized carbons (Fsp3) is 0.278. The standard InChI is InChI=1S/C18H22N2O/c1-4-14-7-6-8-15(5-2)18(14)20-17-11-9-16(10-12-17)19-13(3)21/h6-12,20H,4-5H2,1-3H3,(H,19,21). The Labute approximate surface area is 126 Å². The highest BCUT2D eigenvalue weighted by atomic mass is 16.1. The van der Waals surface area contributed by atoms with Gasteiger partial charge in [-0.2, -0.15) is 0 Å². The first-order chi connectivity index (χ1) is 10.1. The minimum atomic E-state index is -0.0553. The topological polar surface area (TPSA) is 41.1 Å². The molecule has 0 bridgehead atoms. The van der Waals surface area contributed by atoms with Crippen LogP contribution in [-0.2, 0) is 17.6 Å². The van der Waals surface area contributed by atoms with Crippen LogP contribution in [0.1, 0.15) is 31.9 Å². The van der Waals surface area contributed by atoms with Crippen LogP contribution in [0.4, 0.5) is 17.1 Å². The molecule has 0 fully saturated rings. The Morgan fingerprint density at radius 2 is 1.43 bits per heavy atom. The molecule has 0 spiro atoms. The first-order valence-corrected chi connectivity index (χ1v) is 7.39. The molecule has 3 nitrogen and oxygen atoms in total. The Hall–Kier alpha value is -2.29. The molecular formula is C18H22N2O. The highest BCUT2D eigenvalue weighted by Gasteiger charge is 2.06. The molecular weight excluding hydrogens is 260 g/mol. The number of carbonyl (C=O) groups is 1. The van der Waals surface area contributed by atoms with Crippen molar-refractivity contribution < 1.29 is 4.79 Å². The lowest BCUT2D eigenvalue weighted by atomic mass is 10.0. The number of amides is 1. The van der Waals surface area contributed by atoms with Gasteiger partial charge in [-0.05, 0) is 48.2 Å². The number of para-hydroxylation sites is 1. The van der Waals surface area contributed by atoms with Crippen LogP contribution < -0.4 is 10.6 Å². The summed E-state index contributed by atoms with van der Waals surface area (Å²) in [5, 5.41) is 6.29. The fourth-order valence-electron chi connectivity index (χ4n) is 2.39. The summed E-state index contributed by atoms with van der Waals surface area (Å²) in [4.78, 5) is 11.0. The third kappa shape index (κ3) is 3.85. The van der Waals surface area contributed by atoms with E-state index in [-0.39, 0.29) is 5.91 Å². The zero-order valence-corrected chi connectivity index (χ0v) is 12.9. The van der Waals surface area contributed by atoms with Crippen molar-refractivity contribution in [2.45, 2.75) is 33.6 Å². The SMILES string of the molecule is CCc1cccc(CC)c1Nc1ccc(NC(C)=O)cc1. The van der Waals surface area contributed by atoms with Crippen LogP contribution in [-0.4, -0.2) is 5.91 Å². The number of carbonyl (C=O) groups excluding carboxylic acids is 1. The summed E-state index contributed by atoms with van der Waals surface area (Å²) in [6.45, 7) is 5.84. The predicted octanol–water partition coefficient (Wildman–Crippen LogP) is 4.51. The minimum Gasteiger partial charge on any atom is -0.355 e. The van der Waals surface area contributed by atoms with Crippen molar-refractivity contribution in [1.29, 1.82) is 0 Å². The van der Waals surface area contributed by atoms with Crippen LogP contribution >= 0.6 is 0 Å². The maximum atomic E-state index is 11.0. The molecule has 0 saturated carbocycles. The van der Waals surface area contributed by atoms with Crippen molar-refractivity contribution in [3.8, 4) is 0 Å². The largest absolute Gasteiger partial charge is 0.355 e. The van der Waals surface area contributed by atoms with E-state index < -0.39 is 0 Å². The molecule has 21 heavy (non-hydrogen) atoms. The number of hydrogen-bond acceptors (Lipinski definition) is 2. The monoisotopic (exact) mass is 282 g/mol. The summed E-state index contributed by atoms with van der Waals surface area (Å²) in [5.74, 6) is -0.0553. The summed E-state index contributed by atoms with van der Waals surface area (Å²) >= 11 is 0. The van der Waals surface area contributed by atoms with E-state index in [0.717, 1.165) is 24.2 Å². The molecule has 3 heteroatoms. The molecule has 0 aromatic heterocycles. The molecule has 0 heterocycles. The van der Waals surface area contributed by atoms with E-state index in [0.29, 0.717) is 0 Å². The number of nitrogens with one attached hydrogen (secondary N) is 2. The molecule has 0 unspecified atom stereocenters. The summed E-state index contributed by atoms with van der Waals surface area (Å²) in [6, 6.07) is 14.2. The molecule has 0 atom stereocenters. The van der Waals surface area contributed by atoms with Gasteiger partial charge in [0.1, 0.15) is 0 Å². The molecule has 2 N–H and O–H groups in total. The summed E-state index contributed by atoms with van der Waals surface area (Å²) in [5.41, 5.74) is 5.68. The highest BCUT2D eigenvalue weighted by molar-refractivity contribution is 5.88. The number of aryl methyl sites for hydroxylation is 2. The van der Waals surface area contributed by atoms with E-state index in [9.17, 15) is 4.79 Å². The zero-order valence-electron chi connectivity index (χ0n) is 12.9. The van der Waals surface area contributed by atoms with E-state index in [1.165, 1.54) is 23.7 Å². The van der Waals surface area contributed by atoms with Crippen molar-refractivity contribution >= 4 is 23.0 Å². The normalized spacial score (nSPS) is 10.2. The third-order valence-electron chi connectivity index (χ3n) is 3.47. The van der Waals surface area contributed by atoms with Crippen LogP contribution in [0.5, 0.6) is 0 Å². The smallest absolute Gasteiger partial charge is 0.221 e. The second kappa shape index (κ2) is 6.93. The average molecular weight is 282 g/mol. The van der Waals surface area contributed by atoms with Crippen LogP contribution in [0.25, 0.3) is 0 Å². The second-order valence-corrected chi connectivity index (χ2v) is 5.04.